The second-order valence-corrected chi connectivity index (χ2v) is 7.84. The first kappa shape index (κ1) is 20.9. The molecule has 29 heavy (non-hydrogen) atoms. The molecular formula is C24H30N2O3. The van der Waals surface area contributed by atoms with E-state index in [9.17, 15) is 9.59 Å². The van der Waals surface area contributed by atoms with Crippen molar-refractivity contribution in [2.45, 2.75) is 39.3 Å². The third-order valence-corrected chi connectivity index (χ3v) is 5.57. The summed E-state index contributed by atoms with van der Waals surface area (Å²) in [6.07, 6.45) is 1.41. The van der Waals surface area contributed by atoms with Crippen molar-refractivity contribution in [3.05, 3.63) is 65.7 Å². The maximum absolute atomic E-state index is 13.2. The highest BCUT2D eigenvalue weighted by Gasteiger charge is 2.31. The van der Waals surface area contributed by atoms with Crippen molar-refractivity contribution in [2.75, 3.05) is 20.2 Å². The van der Waals surface area contributed by atoms with Crippen LogP contribution in [0.2, 0.25) is 0 Å². The summed E-state index contributed by atoms with van der Waals surface area (Å²) in [7, 11) is 1.61. The largest absolute Gasteiger partial charge is 0.497 e. The minimum atomic E-state index is -0.0268. The fraction of sp³-hybridized carbons (Fsp3) is 0.417. The third kappa shape index (κ3) is 5.17. The maximum atomic E-state index is 13.2. The quantitative estimate of drug-likeness (QED) is 0.745. The van der Waals surface area contributed by atoms with Crippen molar-refractivity contribution < 1.29 is 14.3 Å². The monoisotopic (exact) mass is 394 g/mol. The van der Waals surface area contributed by atoms with E-state index in [-0.39, 0.29) is 23.8 Å². The molecule has 1 aliphatic heterocycles. The number of likely N-dealkylation sites (tertiary alicyclic amines) is 1. The van der Waals surface area contributed by atoms with E-state index in [1.54, 1.807) is 31.4 Å². The first-order valence-corrected chi connectivity index (χ1v) is 10.3. The molecule has 0 saturated carbocycles. The van der Waals surface area contributed by atoms with E-state index in [2.05, 4.69) is 26.0 Å². The Balaban J connectivity index is 1.59. The molecule has 5 heteroatoms. The van der Waals surface area contributed by atoms with Gasteiger partial charge in [-0.25, -0.2) is 0 Å². The summed E-state index contributed by atoms with van der Waals surface area (Å²) in [4.78, 5) is 29.7. The van der Waals surface area contributed by atoms with Gasteiger partial charge in [-0.1, -0.05) is 30.3 Å². The summed E-state index contributed by atoms with van der Waals surface area (Å²) in [5.41, 5.74) is 1.80. The highest BCUT2D eigenvalue weighted by Crippen LogP contribution is 2.24. The molecule has 154 valence electrons. The Kier molecular flexibility index (Phi) is 6.91. The molecule has 2 aromatic rings. The van der Waals surface area contributed by atoms with Crippen LogP contribution in [0.1, 0.15) is 42.6 Å². The van der Waals surface area contributed by atoms with Gasteiger partial charge >= 0.3 is 0 Å². The van der Waals surface area contributed by atoms with E-state index in [0.29, 0.717) is 38.0 Å². The predicted molar refractivity (Wildman–Crippen MR) is 114 cm³/mol. The van der Waals surface area contributed by atoms with E-state index < -0.39 is 0 Å². The van der Waals surface area contributed by atoms with Crippen molar-refractivity contribution in [1.29, 1.82) is 0 Å². The number of methoxy groups -OCH3 is 1. The average Bonchev–Trinajstić information content (AvgIpc) is 2.77. The Labute approximate surface area is 173 Å². The van der Waals surface area contributed by atoms with Crippen molar-refractivity contribution in [3.8, 4) is 5.75 Å². The highest BCUT2D eigenvalue weighted by molar-refractivity contribution is 5.94. The molecule has 0 atom stereocenters. The van der Waals surface area contributed by atoms with Crippen LogP contribution >= 0.6 is 0 Å². The molecule has 0 N–H and O–H groups in total. The second kappa shape index (κ2) is 9.59. The summed E-state index contributed by atoms with van der Waals surface area (Å²) in [6.45, 7) is 5.96. The van der Waals surface area contributed by atoms with Crippen LogP contribution in [0.4, 0.5) is 0 Å². The van der Waals surface area contributed by atoms with Crippen molar-refractivity contribution in [1.82, 2.24) is 9.80 Å². The Bertz CT molecular complexity index is 810. The zero-order chi connectivity index (χ0) is 20.8. The fourth-order valence-electron chi connectivity index (χ4n) is 3.78. The molecule has 0 spiro atoms. The number of nitrogens with zero attached hydrogens (tertiary/aromatic N) is 2. The van der Waals surface area contributed by atoms with Crippen molar-refractivity contribution >= 4 is 11.8 Å². The predicted octanol–water partition coefficient (Wildman–Crippen LogP) is 3.98. The van der Waals surface area contributed by atoms with Crippen LogP contribution in [-0.2, 0) is 11.3 Å². The van der Waals surface area contributed by atoms with Gasteiger partial charge in [0.15, 0.2) is 0 Å². The van der Waals surface area contributed by atoms with Crippen LogP contribution in [0.3, 0.4) is 0 Å². The van der Waals surface area contributed by atoms with Gasteiger partial charge in [0.05, 0.1) is 7.11 Å². The zero-order valence-electron chi connectivity index (χ0n) is 17.5. The van der Waals surface area contributed by atoms with E-state index in [0.717, 1.165) is 11.3 Å². The Morgan fingerprint density at radius 1 is 1.03 bits per heavy atom. The first-order chi connectivity index (χ1) is 14.0. The standard InChI is InChI=1S/C24H30N2O3/c1-18(2)26(17-19-7-5-4-6-8-19)24(28)21-13-15-25(16-14-21)23(27)20-9-11-22(29-3)12-10-20/h4-12,18,21H,13-17H2,1-3H3. The lowest BCUT2D eigenvalue weighted by Crippen LogP contribution is -2.46. The smallest absolute Gasteiger partial charge is 0.253 e. The molecule has 1 aliphatic rings. The van der Waals surface area contributed by atoms with Gasteiger partial charge in [0.25, 0.3) is 5.91 Å². The summed E-state index contributed by atoms with van der Waals surface area (Å²) in [5.74, 6) is 0.919. The molecule has 5 nitrogen and oxygen atoms in total. The number of rotatable bonds is 6. The Morgan fingerprint density at radius 2 is 1.66 bits per heavy atom. The summed E-state index contributed by atoms with van der Waals surface area (Å²) in [6, 6.07) is 17.4. The molecule has 0 unspecified atom stereocenters. The van der Waals surface area contributed by atoms with Crippen molar-refractivity contribution in [2.24, 2.45) is 5.92 Å². The average molecular weight is 395 g/mol. The van der Waals surface area contributed by atoms with E-state index in [4.69, 9.17) is 4.74 Å². The topological polar surface area (TPSA) is 49.9 Å². The van der Waals surface area contributed by atoms with E-state index >= 15 is 0 Å². The zero-order valence-corrected chi connectivity index (χ0v) is 17.5. The molecular weight excluding hydrogens is 364 g/mol. The van der Waals surface area contributed by atoms with Gasteiger partial charge in [-0.3, -0.25) is 9.59 Å². The molecule has 3 rings (SSSR count). The summed E-state index contributed by atoms with van der Waals surface area (Å²) < 4.78 is 5.15. The van der Waals surface area contributed by atoms with Gasteiger partial charge in [0.2, 0.25) is 5.91 Å². The van der Waals surface area contributed by atoms with Gasteiger partial charge < -0.3 is 14.5 Å². The van der Waals surface area contributed by atoms with Gasteiger partial charge in [0.1, 0.15) is 5.75 Å². The molecule has 2 amide bonds. The molecule has 1 fully saturated rings. The lowest BCUT2D eigenvalue weighted by molar-refractivity contribution is -0.139. The third-order valence-electron chi connectivity index (χ3n) is 5.57. The molecule has 0 radical (unpaired) electrons. The van der Waals surface area contributed by atoms with Crippen LogP contribution in [0.15, 0.2) is 54.6 Å². The molecule has 1 heterocycles. The summed E-state index contributed by atoms with van der Waals surface area (Å²) in [5, 5.41) is 0. The van der Waals surface area contributed by atoms with Crippen LogP contribution in [-0.4, -0.2) is 47.9 Å². The van der Waals surface area contributed by atoms with Crippen LogP contribution < -0.4 is 4.74 Å². The molecule has 1 saturated heterocycles. The normalized spacial score (nSPS) is 14.7. The molecule has 0 aromatic heterocycles. The number of hydrogen-bond acceptors (Lipinski definition) is 3. The number of carbonyl (C=O) groups excluding carboxylic acids is 2. The van der Waals surface area contributed by atoms with E-state index in [1.165, 1.54) is 0 Å². The number of piperidine rings is 1. The van der Waals surface area contributed by atoms with Crippen LogP contribution in [0, 0.1) is 5.92 Å². The Hall–Kier alpha value is -2.82. The van der Waals surface area contributed by atoms with Crippen LogP contribution in [0.5, 0.6) is 5.75 Å². The van der Waals surface area contributed by atoms with Gasteiger partial charge in [-0.05, 0) is 56.5 Å². The number of amides is 2. The SMILES string of the molecule is COc1ccc(C(=O)N2CCC(C(=O)N(Cc3ccccc3)C(C)C)CC2)cc1. The summed E-state index contributed by atoms with van der Waals surface area (Å²) >= 11 is 0. The fourth-order valence-corrected chi connectivity index (χ4v) is 3.78. The number of hydrogen-bond donors (Lipinski definition) is 0. The minimum absolute atomic E-state index is 0.0172. The van der Waals surface area contributed by atoms with Crippen molar-refractivity contribution in [3.63, 3.8) is 0 Å². The number of benzene rings is 2. The lowest BCUT2D eigenvalue weighted by atomic mass is 9.94. The van der Waals surface area contributed by atoms with Gasteiger partial charge in [-0.15, -0.1) is 0 Å². The Morgan fingerprint density at radius 3 is 2.21 bits per heavy atom. The second-order valence-electron chi connectivity index (χ2n) is 7.84. The van der Waals surface area contributed by atoms with Gasteiger partial charge in [-0.2, -0.15) is 0 Å². The number of carbonyl (C=O) groups is 2. The molecule has 0 aliphatic carbocycles. The maximum Gasteiger partial charge on any atom is 0.253 e. The first-order valence-electron chi connectivity index (χ1n) is 10.3. The molecule has 2 aromatic carbocycles. The van der Waals surface area contributed by atoms with Gasteiger partial charge in [0, 0.05) is 37.2 Å². The van der Waals surface area contributed by atoms with Crippen LogP contribution in [0.25, 0.3) is 0 Å². The lowest BCUT2D eigenvalue weighted by Gasteiger charge is -2.36. The molecule has 0 bridgehead atoms. The highest BCUT2D eigenvalue weighted by atomic mass is 16.5. The number of ether oxygens (including phenoxy) is 1. The minimum Gasteiger partial charge on any atom is -0.497 e. The van der Waals surface area contributed by atoms with E-state index in [1.807, 2.05) is 28.0 Å².